The monoisotopic (exact) mass is 441 g/mol. The fourth-order valence-corrected chi connectivity index (χ4v) is 3.13. The molecular weight excluding hydrogens is 414 g/mol. The second-order valence-corrected chi connectivity index (χ2v) is 7.15. The Hall–Kier alpha value is -3.78. The normalized spacial score (nSPS) is 10.4. The Morgan fingerprint density at radius 3 is 2.78 bits per heavy atom. The Labute approximate surface area is 186 Å². The minimum atomic E-state index is -1.09. The van der Waals surface area contributed by atoms with E-state index in [2.05, 4.69) is 20.3 Å². The van der Waals surface area contributed by atoms with Crippen LogP contribution >= 0.6 is 0 Å². The number of esters is 1. The summed E-state index contributed by atoms with van der Waals surface area (Å²) in [7, 11) is 0. The maximum absolute atomic E-state index is 12.0. The molecular formula is C22H27N5O5. The van der Waals surface area contributed by atoms with Crippen molar-refractivity contribution < 1.29 is 24.2 Å². The first-order valence-electron chi connectivity index (χ1n) is 10.3. The van der Waals surface area contributed by atoms with Gasteiger partial charge < -0.3 is 19.9 Å². The van der Waals surface area contributed by atoms with E-state index in [0.717, 1.165) is 16.7 Å². The maximum atomic E-state index is 12.0. The van der Waals surface area contributed by atoms with Crippen molar-refractivity contribution in [2.45, 2.75) is 52.8 Å². The Morgan fingerprint density at radius 1 is 1.34 bits per heavy atom. The number of carbonyl (C=O) groups excluding carboxylic acids is 1. The predicted molar refractivity (Wildman–Crippen MR) is 119 cm³/mol. The first-order chi connectivity index (χ1) is 15.3. The fourth-order valence-electron chi connectivity index (χ4n) is 3.13. The van der Waals surface area contributed by atoms with Crippen LogP contribution in [0.25, 0.3) is 10.4 Å². The Kier molecular flexibility index (Phi) is 9.31. The van der Waals surface area contributed by atoms with Crippen LogP contribution in [0.4, 0.5) is 5.82 Å². The molecule has 2 rings (SSSR count). The van der Waals surface area contributed by atoms with Gasteiger partial charge in [-0.1, -0.05) is 11.2 Å². The lowest BCUT2D eigenvalue weighted by Crippen LogP contribution is -2.14. The second kappa shape index (κ2) is 12.2. The van der Waals surface area contributed by atoms with Crippen molar-refractivity contribution in [1.82, 2.24) is 4.98 Å². The standard InChI is InChI=1S/C22H27N5O5/c1-4-31-20(28)8-7-17-16(13-25-21-18(22(29)30)6-5-9-24-21)10-15(12-26-27-23)11-19(17)32-14(2)3/h5-6,9-11,14H,4,7-8,12-13H2,1-3H3,(H,24,25)(H,29,30). The van der Waals surface area contributed by atoms with Gasteiger partial charge in [-0.2, -0.15) is 0 Å². The van der Waals surface area contributed by atoms with Gasteiger partial charge in [0.25, 0.3) is 0 Å². The summed E-state index contributed by atoms with van der Waals surface area (Å²) in [6, 6.07) is 6.65. The second-order valence-electron chi connectivity index (χ2n) is 7.15. The lowest BCUT2D eigenvalue weighted by atomic mass is 9.98. The Balaban J connectivity index is 2.44. The molecule has 2 N–H and O–H groups in total. The van der Waals surface area contributed by atoms with Crippen molar-refractivity contribution in [3.8, 4) is 5.75 Å². The van der Waals surface area contributed by atoms with Gasteiger partial charge in [-0.05, 0) is 67.6 Å². The van der Waals surface area contributed by atoms with Gasteiger partial charge in [0.15, 0.2) is 0 Å². The molecule has 1 aromatic heterocycles. The van der Waals surface area contributed by atoms with Gasteiger partial charge >= 0.3 is 11.9 Å². The predicted octanol–water partition coefficient (Wildman–Crippen LogP) is 4.49. The highest BCUT2D eigenvalue weighted by atomic mass is 16.5. The molecule has 0 aliphatic heterocycles. The number of nitrogens with zero attached hydrogens (tertiary/aromatic N) is 4. The molecule has 10 nitrogen and oxygen atoms in total. The van der Waals surface area contributed by atoms with Crippen molar-refractivity contribution in [1.29, 1.82) is 0 Å². The smallest absolute Gasteiger partial charge is 0.339 e. The first kappa shape index (κ1) is 24.5. The summed E-state index contributed by atoms with van der Waals surface area (Å²) in [6.45, 7) is 6.18. The van der Waals surface area contributed by atoms with E-state index in [1.54, 1.807) is 19.1 Å². The number of hydrogen-bond donors (Lipinski definition) is 2. The first-order valence-corrected chi connectivity index (χ1v) is 10.3. The molecule has 1 aromatic carbocycles. The zero-order valence-corrected chi connectivity index (χ0v) is 18.4. The summed E-state index contributed by atoms with van der Waals surface area (Å²) >= 11 is 0. The Morgan fingerprint density at radius 2 is 2.12 bits per heavy atom. The number of carboxylic acid groups (broad SMARTS) is 1. The number of carbonyl (C=O) groups is 2. The quantitative estimate of drug-likeness (QED) is 0.213. The summed E-state index contributed by atoms with van der Waals surface area (Å²) in [6.07, 6.45) is 1.91. The molecule has 1 heterocycles. The van der Waals surface area contributed by atoms with Gasteiger partial charge in [-0.15, -0.1) is 0 Å². The number of azide groups is 1. The third-order valence-corrected chi connectivity index (χ3v) is 4.41. The largest absolute Gasteiger partial charge is 0.491 e. The van der Waals surface area contributed by atoms with Crippen LogP contribution in [0.15, 0.2) is 35.6 Å². The van der Waals surface area contributed by atoms with Crippen LogP contribution in [0.5, 0.6) is 5.75 Å². The van der Waals surface area contributed by atoms with E-state index < -0.39 is 5.97 Å². The van der Waals surface area contributed by atoms with E-state index in [1.807, 2.05) is 19.9 Å². The lowest BCUT2D eigenvalue weighted by molar-refractivity contribution is -0.143. The molecule has 0 unspecified atom stereocenters. The van der Waals surface area contributed by atoms with Crippen LogP contribution in [-0.4, -0.2) is 34.7 Å². The van der Waals surface area contributed by atoms with Crippen LogP contribution in [0.2, 0.25) is 0 Å². The minimum absolute atomic E-state index is 0.0458. The molecule has 0 bridgehead atoms. The highest BCUT2D eigenvalue weighted by molar-refractivity contribution is 5.92. The molecule has 0 atom stereocenters. The molecule has 0 fully saturated rings. The molecule has 0 saturated heterocycles. The topological polar surface area (TPSA) is 147 Å². The van der Waals surface area contributed by atoms with E-state index in [9.17, 15) is 14.7 Å². The number of pyridine rings is 1. The maximum Gasteiger partial charge on any atom is 0.339 e. The van der Waals surface area contributed by atoms with Crippen LogP contribution in [0, 0.1) is 0 Å². The lowest BCUT2D eigenvalue weighted by Gasteiger charge is -2.20. The van der Waals surface area contributed by atoms with E-state index in [-0.39, 0.29) is 43.0 Å². The number of nitrogens with one attached hydrogen (secondary N) is 1. The molecule has 0 saturated carbocycles. The van der Waals surface area contributed by atoms with Gasteiger partial charge in [0.1, 0.15) is 17.1 Å². The van der Waals surface area contributed by atoms with Gasteiger partial charge in [0.2, 0.25) is 0 Å². The Bertz CT molecular complexity index is 1000. The molecule has 0 radical (unpaired) electrons. The van der Waals surface area contributed by atoms with E-state index in [1.165, 1.54) is 12.3 Å². The van der Waals surface area contributed by atoms with Gasteiger partial charge in [0, 0.05) is 24.1 Å². The van der Waals surface area contributed by atoms with Crippen LogP contribution in [0.3, 0.4) is 0 Å². The fraction of sp³-hybridized carbons (Fsp3) is 0.409. The van der Waals surface area contributed by atoms with Crippen LogP contribution < -0.4 is 10.1 Å². The van der Waals surface area contributed by atoms with Gasteiger partial charge in [-0.25, -0.2) is 9.78 Å². The SMILES string of the molecule is CCOC(=O)CCc1c(CNc2ncccc2C(=O)O)cc(CN=[N+]=[N-])cc1OC(C)C. The average Bonchev–Trinajstić information content (AvgIpc) is 2.75. The summed E-state index contributed by atoms with van der Waals surface area (Å²) in [5.74, 6) is -0.614. The third kappa shape index (κ3) is 7.17. The summed E-state index contributed by atoms with van der Waals surface area (Å²) < 4.78 is 11.0. The molecule has 10 heteroatoms. The number of aromatic nitrogens is 1. The van der Waals surface area contributed by atoms with Gasteiger partial charge in [-0.3, -0.25) is 4.79 Å². The van der Waals surface area contributed by atoms with E-state index in [4.69, 9.17) is 15.0 Å². The summed E-state index contributed by atoms with van der Waals surface area (Å²) in [4.78, 5) is 30.4. The van der Waals surface area contributed by atoms with E-state index in [0.29, 0.717) is 18.8 Å². The molecule has 32 heavy (non-hydrogen) atoms. The number of rotatable bonds is 12. The number of anilines is 1. The van der Waals surface area contributed by atoms with Crippen molar-refractivity contribution >= 4 is 17.8 Å². The van der Waals surface area contributed by atoms with Gasteiger partial charge in [0.05, 0.1) is 19.3 Å². The minimum Gasteiger partial charge on any atom is -0.491 e. The number of benzene rings is 1. The average molecular weight is 441 g/mol. The number of ether oxygens (including phenoxy) is 2. The van der Waals surface area contributed by atoms with Crippen molar-refractivity contribution in [3.63, 3.8) is 0 Å². The zero-order valence-electron chi connectivity index (χ0n) is 18.4. The highest BCUT2D eigenvalue weighted by Gasteiger charge is 2.17. The van der Waals surface area contributed by atoms with Crippen LogP contribution in [-0.2, 0) is 29.0 Å². The molecule has 2 aromatic rings. The number of hydrogen-bond acceptors (Lipinski definition) is 7. The number of carboxylic acids is 1. The van der Waals surface area contributed by atoms with Crippen molar-refractivity contribution in [2.75, 3.05) is 11.9 Å². The summed E-state index contributed by atoms with van der Waals surface area (Å²) in [5, 5.41) is 16.1. The molecule has 0 aliphatic rings. The van der Waals surface area contributed by atoms with Crippen molar-refractivity contribution in [2.24, 2.45) is 5.11 Å². The molecule has 170 valence electrons. The highest BCUT2D eigenvalue weighted by Crippen LogP contribution is 2.29. The molecule has 0 spiro atoms. The third-order valence-electron chi connectivity index (χ3n) is 4.41. The molecule has 0 aliphatic carbocycles. The number of aromatic carboxylic acids is 1. The van der Waals surface area contributed by atoms with Crippen molar-refractivity contribution in [3.05, 3.63) is 63.2 Å². The van der Waals surface area contributed by atoms with Crippen LogP contribution in [0.1, 0.15) is 54.2 Å². The summed E-state index contributed by atoms with van der Waals surface area (Å²) in [5.41, 5.74) is 11.0. The molecule has 0 amide bonds. The van der Waals surface area contributed by atoms with E-state index >= 15 is 0 Å². The zero-order chi connectivity index (χ0) is 23.5.